The Kier molecular flexibility index (Phi) is 4.17. The molecule has 1 atom stereocenters. The number of H-pyrrole nitrogens is 1. The summed E-state index contributed by atoms with van der Waals surface area (Å²) in [6, 6.07) is 8.51. The van der Waals surface area contributed by atoms with Crippen LogP contribution in [-0.2, 0) is 0 Å². The summed E-state index contributed by atoms with van der Waals surface area (Å²) >= 11 is 6.03. The quantitative estimate of drug-likeness (QED) is 0.884. The molecule has 1 amide bonds. The maximum atomic E-state index is 12.6. The van der Waals surface area contributed by atoms with Crippen LogP contribution < -0.4 is 10.6 Å². The highest BCUT2D eigenvalue weighted by Gasteiger charge is 2.30. The van der Waals surface area contributed by atoms with Crippen LogP contribution in [0.15, 0.2) is 24.3 Å². The molecule has 1 saturated heterocycles. The number of nitrogens with zero attached hydrogens (tertiary/aromatic N) is 3. The third-order valence-corrected chi connectivity index (χ3v) is 4.62. The van der Waals surface area contributed by atoms with Gasteiger partial charge in [0.2, 0.25) is 0 Å². The molecular formula is C16H20ClN5O. The summed E-state index contributed by atoms with van der Waals surface area (Å²) in [6.07, 6.45) is 0. The molecule has 122 valence electrons. The first-order chi connectivity index (χ1) is 11.0. The number of carbonyl (C=O) groups excluding carboxylic acids is 1. The van der Waals surface area contributed by atoms with Gasteiger partial charge in [-0.2, -0.15) is 5.10 Å². The number of halogens is 1. The molecule has 6 nitrogen and oxygen atoms in total. The summed E-state index contributed by atoms with van der Waals surface area (Å²) in [5, 5.41) is 6.62. The van der Waals surface area contributed by atoms with Gasteiger partial charge >= 0.3 is 0 Å². The maximum absolute atomic E-state index is 12.6. The van der Waals surface area contributed by atoms with Crippen molar-refractivity contribution in [2.45, 2.75) is 19.9 Å². The van der Waals surface area contributed by atoms with Crippen molar-refractivity contribution in [3.05, 3.63) is 40.5 Å². The number of hydrogen-bond donors (Lipinski definition) is 2. The number of hydrogen-bond acceptors (Lipinski definition) is 4. The van der Waals surface area contributed by atoms with E-state index in [2.05, 4.69) is 46.3 Å². The Morgan fingerprint density at radius 1 is 1.35 bits per heavy atom. The van der Waals surface area contributed by atoms with E-state index in [0.29, 0.717) is 6.54 Å². The van der Waals surface area contributed by atoms with Gasteiger partial charge in [0.25, 0.3) is 5.91 Å². The first kappa shape index (κ1) is 15.7. The average molecular weight is 334 g/mol. The predicted molar refractivity (Wildman–Crippen MR) is 91.9 cm³/mol. The molecule has 1 aliphatic rings. The minimum atomic E-state index is -0.157. The predicted octanol–water partition coefficient (Wildman–Crippen LogP) is 2.30. The lowest BCUT2D eigenvalue weighted by Gasteiger charge is -2.40. The van der Waals surface area contributed by atoms with Gasteiger partial charge in [-0.25, -0.2) is 0 Å². The third-order valence-electron chi connectivity index (χ3n) is 4.23. The number of aromatic nitrogens is 2. The Labute approximate surface area is 140 Å². The second-order valence-corrected chi connectivity index (χ2v) is 6.30. The summed E-state index contributed by atoms with van der Waals surface area (Å²) in [6.45, 7) is 6.29. The van der Waals surface area contributed by atoms with Gasteiger partial charge in [0, 0.05) is 31.4 Å². The van der Waals surface area contributed by atoms with Crippen LogP contribution in [0, 0.1) is 6.92 Å². The monoisotopic (exact) mass is 333 g/mol. The fourth-order valence-corrected chi connectivity index (χ4v) is 3.04. The number of aromatic amines is 1. The Hall–Kier alpha value is -2.21. The number of nitrogens with one attached hydrogen (secondary N) is 1. The number of nitrogen functional groups attached to an aromatic ring is 1. The van der Waals surface area contributed by atoms with Crippen molar-refractivity contribution in [1.29, 1.82) is 0 Å². The van der Waals surface area contributed by atoms with Crippen LogP contribution in [0.2, 0.25) is 5.02 Å². The molecule has 1 aromatic heterocycles. The molecule has 3 rings (SSSR count). The van der Waals surface area contributed by atoms with Gasteiger partial charge in [0.05, 0.1) is 0 Å². The lowest BCUT2D eigenvalue weighted by molar-refractivity contribution is 0.0668. The second-order valence-electron chi connectivity index (χ2n) is 5.93. The molecule has 1 aromatic carbocycles. The molecule has 0 aliphatic carbocycles. The number of carbonyl (C=O) groups is 1. The molecule has 2 aromatic rings. The van der Waals surface area contributed by atoms with Crippen molar-refractivity contribution in [3.63, 3.8) is 0 Å². The summed E-state index contributed by atoms with van der Waals surface area (Å²) < 4.78 is 0. The van der Waals surface area contributed by atoms with E-state index in [1.165, 1.54) is 11.3 Å². The lowest BCUT2D eigenvalue weighted by Crippen LogP contribution is -2.54. The van der Waals surface area contributed by atoms with Crippen LogP contribution >= 0.6 is 11.6 Å². The summed E-state index contributed by atoms with van der Waals surface area (Å²) in [5.74, 6) is -0.00350. The van der Waals surface area contributed by atoms with E-state index in [9.17, 15) is 4.79 Å². The van der Waals surface area contributed by atoms with Crippen molar-refractivity contribution >= 4 is 29.0 Å². The summed E-state index contributed by atoms with van der Waals surface area (Å²) in [4.78, 5) is 16.7. The normalized spacial score (nSPS) is 18.3. The SMILES string of the molecule is Cc1ccc(N2CCN(C(=O)c3[nH]nc(N)c3Cl)[C@H](C)C2)cc1. The van der Waals surface area contributed by atoms with E-state index in [0.717, 1.165) is 13.1 Å². The molecule has 1 fully saturated rings. The molecule has 0 spiro atoms. The largest absolute Gasteiger partial charge is 0.381 e. The van der Waals surface area contributed by atoms with Crippen LogP contribution in [0.3, 0.4) is 0 Å². The van der Waals surface area contributed by atoms with Gasteiger partial charge in [0.15, 0.2) is 5.82 Å². The zero-order valence-electron chi connectivity index (χ0n) is 13.2. The molecule has 1 aliphatic heterocycles. The molecule has 23 heavy (non-hydrogen) atoms. The molecule has 0 unspecified atom stereocenters. The Bertz CT molecular complexity index is 712. The molecule has 2 heterocycles. The lowest BCUT2D eigenvalue weighted by atomic mass is 10.1. The fourth-order valence-electron chi connectivity index (χ4n) is 2.88. The van der Waals surface area contributed by atoms with Gasteiger partial charge in [-0.05, 0) is 26.0 Å². The van der Waals surface area contributed by atoms with E-state index in [1.807, 2.05) is 11.8 Å². The zero-order valence-corrected chi connectivity index (χ0v) is 14.0. The average Bonchev–Trinajstić information content (AvgIpc) is 2.87. The zero-order chi connectivity index (χ0) is 16.6. The van der Waals surface area contributed by atoms with Crippen LogP contribution in [0.4, 0.5) is 11.5 Å². The number of benzene rings is 1. The number of rotatable bonds is 2. The topological polar surface area (TPSA) is 78.2 Å². The van der Waals surface area contributed by atoms with E-state index >= 15 is 0 Å². The molecule has 0 bridgehead atoms. The van der Waals surface area contributed by atoms with E-state index < -0.39 is 0 Å². The number of aryl methyl sites for hydroxylation is 1. The van der Waals surface area contributed by atoms with Crippen LogP contribution in [0.5, 0.6) is 0 Å². The molecular weight excluding hydrogens is 314 g/mol. The first-order valence-corrected chi connectivity index (χ1v) is 7.97. The highest BCUT2D eigenvalue weighted by Crippen LogP contribution is 2.25. The Morgan fingerprint density at radius 3 is 2.61 bits per heavy atom. The summed E-state index contributed by atoms with van der Waals surface area (Å²) in [7, 11) is 0. The minimum Gasteiger partial charge on any atom is -0.381 e. The molecule has 7 heteroatoms. The van der Waals surface area contributed by atoms with Gasteiger partial charge < -0.3 is 15.5 Å². The molecule has 0 radical (unpaired) electrons. The van der Waals surface area contributed by atoms with Gasteiger partial charge in [-0.15, -0.1) is 0 Å². The molecule has 3 N–H and O–H groups in total. The van der Waals surface area contributed by atoms with Crippen LogP contribution in [0.25, 0.3) is 0 Å². The van der Waals surface area contributed by atoms with Crippen molar-refractivity contribution in [1.82, 2.24) is 15.1 Å². The highest BCUT2D eigenvalue weighted by molar-refractivity contribution is 6.35. The van der Waals surface area contributed by atoms with Crippen molar-refractivity contribution < 1.29 is 4.79 Å². The summed E-state index contributed by atoms with van der Waals surface area (Å²) in [5.41, 5.74) is 8.28. The smallest absolute Gasteiger partial charge is 0.273 e. The number of nitrogens with two attached hydrogens (primary N) is 1. The van der Waals surface area contributed by atoms with Crippen LogP contribution in [0.1, 0.15) is 23.0 Å². The van der Waals surface area contributed by atoms with E-state index in [1.54, 1.807) is 0 Å². The van der Waals surface area contributed by atoms with Gasteiger partial charge in [0.1, 0.15) is 10.7 Å². The standard InChI is InChI=1S/C16H20ClN5O/c1-10-3-5-12(6-4-10)21-7-8-22(11(2)9-21)16(23)14-13(17)15(18)20-19-14/h3-6,11H,7-9H2,1-2H3,(H3,18,19,20)/t11-/m1/s1. The van der Waals surface area contributed by atoms with Crippen molar-refractivity contribution in [2.75, 3.05) is 30.3 Å². The van der Waals surface area contributed by atoms with E-state index in [4.69, 9.17) is 17.3 Å². The van der Waals surface area contributed by atoms with Crippen molar-refractivity contribution in [3.8, 4) is 0 Å². The Morgan fingerprint density at radius 2 is 2.04 bits per heavy atom. The highest BCUT2D eigenvalue weighted by atomic mass is 35.5. The fraction of sp³-hybridized carbons (Fsp3) is 0.375. The molecule has 0 saturated carbocycles. The maximum Gasteiger partial charge on any atom is 0.273 e. The number of anilines is 2. The van der Waals surface area contributed by atoms with Crippen molar-refractivity contribution in [2.24, 2.45) is 0 Å². The minimum absolute atomic E-state index is 0.0677. The van der Waals surface area contributed by atoms with Crippen LogP contribution in [-0.4, -0.2) is 46.7 Å². The first-order valence-electron chi connectivity index (χ1n) is 7.59. The van der Waals surface area contributed by atoms with E-state index in [-0.39, 0.29) is 28.5 Å². The number of piperazine rings is 1. The van der Waals surface area contributed by atoms with Gasteiger partial charge in [-0.1, -0.05) is 29.3 Å². The second kappa shape index (κ2) is 6.12. The Balaban J connectivity index is 1.72. The van der Waals surface area contributed by atoms with Gasteiger partial charge in [-0.3, -0.25) is 9.89 Å². The number of amides is 1. The third kappa shape index (κ3) is 2.99.